The molecule has 0 N–H and O–H groups in total. The number of sulfonamides is 1. The number of thiazole rings is 1. The number of piperidine rings is 1. The van der Waals surface area contributed by atoms with Crippen LogP contribution in [0.25, 0.3) is 0 Å². The molecule has 1 fully saturated rings. The molecule has 8 nitrogen and oxygen atoms in total. The summed E-state index contributed by atoms with van der Waals surface area (Å²) in [6, 6.07) is 1.12. The van der Waals surface area contributed by atoms with Gasteiger partial charge in [-0.1, -0.05) is 0 Å². The summed E-state index contributed by atoms with van der Waals surface area (Å²) in [4.78, 5) is 18.9. The Morgan fingerprint density at radius 3 is 2.76 bits per heavy atom. The number of hydrogen-bond donors (Lipinski definition) is 0. The van der Waals surface area contributed by atoms with Gasteiger partial charge in [-0.25, -0.2) is 13.4 Å². The molecule has 1 saturated heterocycles. The minimum absolute atomic E-state index is 0.116. The number of aryl methyl sites for hydroxylation is 2. The van der Waals surface area contributed by atoms with E-state index in [1.165, 1.54) is 15.6 Å². The zero-order valence-corrected chi connectivity index (χ0v) is 16.0. The Morgan fingerprint density at radius 2 is 2.20 bits per heavy atom. The maximum Gasteiger partial charge on any atom is 0.246 e. The van der Waals surface area contributed by atoms with Gasteiger partial charge in [0.1, 0.15) is 16.9 Å². The molecule has 2 aromatic heterocycles. The van der Waals surface area contributed by atoms with E-state index in [0.29, 0.717) is 23.8 Å². The molecular weight excluding hydrogens is 362 g/mol. The van der Waals surface area contributed by atoms with Crippen molar-refractivity contribution in [3.05, 3.63) is 28.3 Å². The second-order valence-corrected chi connectivity index (χ2v) is 9.06. The third-order valence-electron chi connectivity index (χ3n) is 4.21. The number of amides is 1. The average molecular weight is 383 g/mol. The average Bonchev–Trinajstić information content (AvgIpc) is 3.14. The Bertz CT molecular complexity index is 860. The molecule has 0 spiro atoms. The highest BCUT2D eigenvalue weighted by Gasteiger charge is 2.39. The lowest BCUT2D eigenvalue weighted by Crippen LogP contribution is -2.54. The normalized spacial score (nSPS) is 19.0. The number of carbonyl (C=O) groups excluding carboxylic acids is 1. The van der Waals surface area contributed by atoms with Crippen LogP contribution in [0.3, 0.4) is 0 Å². The summed E-state index contributed by atoms with van der Waals surface area (Å²) in [7, 11) is -1.77. The van der Waals surface area contributed by atoms with E-state index >= 15 is 0 Å². The lowest BCUT2D eigenvalue weighted by atomic mass is 10.0. The second-order valence-electron chi connectivity index (χ2n) is 6.15. The van der Waals surface area contributed by atoms with E-state index in [-0.39, 0.29) is 12.5 Å². The fraction of sp³-hybridized carbons (Fsp3) is 0.533. The van der Waals surface area contributed by atoms with Crippen LogP contribution in [0.5, 0.6) is 0 Å². The summed E-state index contributed by atoms with van der Waals surface area (Å²) in [5.74, 6) is 0.478. The highest BCUT2D eigenvalue weighted by Crippen LogP contribution is 2.26. The molecule has 0 saturated carbocycles. The largest absolute Gasteiger partial charge is 0.296 e. The van der Waals surface area contributed by atoms with Gasteiger partial charge < -0.3 is 0 Å². The van der Waals surface area contributed by atoms with E-state index in [1.54, 1.807) is 28.2 Å². The standard InChI is InChI=1S/C15H21N5O3S2/c1-11-9-14(18(2)17-11)19-7-4-5-12(15(19)21)20(25(3,22)23)10-13-16-6-8-24-13/h6,8-9,12H,4-5,7,10H2,1-3H3. The summed E-state index contributed by atoms with van der Waals surface area (Å²) in [5.41, 5.74) is 0.815. The maximum atomic E-state index is 13.1. The van der Waals surface area contributed by atoms with Crippen molar-refractivity contribution in [1.29, 1.82) is 0 Å². The fourth-order valence-corrected chi connectivity index (χ4v) is 4.83. The second kappa shape index (κ2) is 6.85. The van der Waals surface area contributed by atoms with E-state index in [1.807, 2.05) is 13.0 Å². The minimum atomic E-state index is -3.55. The molecule has 0 bridgehead atoms. The molecule has 1 unspecified atom stereocenters. The zero-order chi connectivity index (χ0) is 18.2. The zero-order valence-electron chi connectivity index (χ0n) is 14.4. The van der Waals surface area contributed by atoms with Gasteiger partial charge in [0.05, 0.1) is 18.5 Å². The lowest BCUT2D eigenvalue weighted by Gasteiger charge is -2.36. The van der Waals surface area contributed by atoms with Crippen molar-refractivity contribution in [2.75, 3.05) is 17.7 Å². The van der Waals surface area contributed by atoms with Crippen LogP contribution in [-0.2, 0) is 28.4 Å². The molecule has 25 heavy (non-hydrogen) atoms. The van der Waals surface area contributed by atoms with Crippen LogP contribution in [0, 0.1) is 6.92 Å². The molecule has 0 aliphatic carbocycles. The van der Waals surface area contributed by atoms with E-state index in [9.17, 15) is 13.2 Å². The molecule has 10 heteroatoms. The predicted octanol–water partition coefficient (Wildman–Crippen LogP) is 1.14. The van der Waals surface area contributed by atoms with Gasteiger partial charge in [-0.15, -0.1) is 11.3 Å². The minimum Gasteiger partial charge on any atom is -0.296 e. The Kier molecular flexibility index (Phi) is 4.94. The van der Waals surface area contributed by atoms with Crippen molar-refractivity contribution in [2.24, 2.45) is 7.05 Å². The van der Waals surface area contributed by atoms with Gasteiger partial charge in [-0.05, 0) is 19.8 Å². The number of nitrogens with zero attached hydrogens (tertiary/aromatic N) is 5. The van der Waals surface area contributed by atoms with Crippen LogP contribution in [0.1, 0.15) is 23.5 Å². The predicted molar refractivity (Wildman–Crippen MR) is 95.8 cm³/mol. The Morgan fingerprint density at radius 1 is 1.44 bits per heavy atom. The van der Waals surface area contributed by atoms with Crippen LogP contribution in [-0.4, -0.2) is 52.2 Å². The molecule has 0 radical (unpaired) electrons. The number of aromatic nitrogens is 3. The molecular formula is C15H21N5O3S2. The van der Waals surface area contributed by atoms with Gasteiger partial charge in [-0.2, -0.15) is 9.40 Å². The first-order chi connectivity index (χ1) is 11.8. The molecule has 1 aliphatic rings. The van der Waals surface area contributed by atoms with Crippen molar-refractivity contribution in [3.8, 4) is 0 Å². The third-order valence-corrected chi connectivity index (χ3v) is 6.21. The van der Waals surface area contributed by atoms with Crippen LogP contribution in [0.4, 0.5) is 5.82 Å². The van der Waals surface area contributed by atoms with E-state index in [4.69, 9.17) is 0 Å². The maximum absolute atomic E-state index is 13.1. The first-order valence-corrected chi connectivity index (χ1v) is 10.7. The fourth-order valence-electron chi connectivity index (χ4n) is 3.12. The first kappa shape index (κ1) is 18.0. The van der Waals surface area contributed by atoms with Crippen molar-refractivity contribution < 1.29 is 13.2 Å². The van der Waals surface area contributed by atoms with Gasteiger partial charge in [0.2, 0.25) is 15.9 Å². The Hall–Kier alpha value is -1.78. The Labute approximate surface area is 151 Å². The highest BCUT2D eigenvalue weighted by molar-refractivity contribution is 7.88. The number of rotatable bonds is 5. The smallest absolute Gasteiger partial charge is 0.246 e. The quantitative estimate of drug-likeness (QED) is 0.773. The first-order valence-electron chi connectivity index (χ1n) is 7.94. The molecule has 3 rings (SSSR count). The summed E-state index contributed by atoms with van der Waals surface area (Å²) < 4.78 is 27.6. The number of anilines is 1. The highest BCUT2D eigenvalue weighted by atomic mass is 32.2. The van der Waals surface area contributed by atoms with E-state index < -0.39 is 16.1 Å². The number of carbonyl (C=O) groups is 1. The van der Waals surface area contributed by atoms with Gasteiger partial charge in [0, 0.05) is 31.2 Å². The molecule has 1 amide bonds. The SMILES string of the molecule is Cc1cc(N2CCCC(N(Cc3nccs3)S(C)(=O)=O)C2=O)n(C)n1. The Balaban J connectivity index is 1.91. The van der Waals surface area contributed by atoms with Crippen LogP contribution in [0.2, 0.25) is 0 Å². The van der Waals surface area contributed by atoms with Gasteiger partial charge >= 0.3 is 0 Å². The summed E-state index contributed by atoms with van der Waals surface area (Å²) in [6.45, 7) is 2.54. The van der Waals surface area contributed by atoms with Crippen molar-refractivity contribution in [2.45, 2.75) is 32.4 Å². The topological polar surface area (TPSA) is 88.4 Å². The van der Waals surface area contributed by atoms with Gasteiger partial charge in [-0.3, -0.25) is 14.4 Å². The molecule has 136 valence electrons. The van der Waals surface area contributed by atoms with E-state index in [0.717, 1.165) is 18.4 Å². The third kappa shape index (κ3) is 3.75. The molecule has 1 atom stereocenters. The molecule has 1 aliphatic heterocycles. The summed E-state index contributed by atoms with van der Waals surface area (Å²) in [5, 5.41) is 6.75. The van der Waals surface area contributed by atoms with Gasteiger partial charge in [0.15, 0.2) is 0 Å². The van der Waals surface area contributed by atoms with Crippen LogP contribution in [0.15, 0.2) is 17.6 Å². The van der Waals surface area contributed by atoms with E-state index in [2.05, 4.69) is 10.1 Å². The van der Waals surface area contributed by atoms with Crippen molar-refractivity contribution in [1.82, 2.24) is 19.1 Å². The number of hydrogen-bond acceptors (Lipinski definition) is 6. The summed E-state index contributed by atoms with van der Waals surface area (Å²) >= 11 is 1.38. The van der Waals surface area contributed by atoms with Crippen molar-refractivity contribution >= 4 is 33.1 Å². The van der Waals surface area contributed by atoms with Crippen molar-refractivity contribution in [3.63, 3.8) is 0 Å². The van der Waals surface area contributed by atoms with Gasteiger partial charge in [0.25, 0.3) is 0 Å². The van der Waals surface area contributed by atoms with Crippen LogP contribution >= 0.6 is 11.3 Å². The molecule has 2 aromatic rings. The molecule has 0 aromatic carbocycles. The van der Waals surface area contributed by atoms with Crippen LogP contribution < -0.4 is 4.90 Å². The lowest BCUT2D eigenvalue weighted by molar-refractivity contribution is -0.123. The summed E-state index contributed by atoms with van der Waals surface area (Å²) in [6.07, 6.45) is 4.00. The molecule has 3 heterocycles. The monoisotopic (exact) mass is 383 g/mol.